The fourth-order valence-corrected chi connectivity index (χ4v) is 3.45. The van der Waals surface area contributed by atoms with Crippen LogP contribution in [0.5, 0.6) is 0 Å². The highest BCUT2D eigenvalue weighted by Gasteiger charge is 2.52. The number of aliphatic hydroxyl groups is 2. The third kappa shape index (κ3) is 2.70. The van der Waals surface area contributed by atoms with Crippen molar-refractivity contribution >= 4 is 10.1 Å². The minimum Gasteiger partial charge on any atom is -0.387 e. The van der Waals surface area contributed by atoms with Gasteiger partial charge in [0.25, 0.3) is 10.1 Å². The summed E-state index contributed by atoms with van der Waals surface area (Å²) in [7, 11) is -4.09. The molecule has 1 aromatic rings. The molecule has 1 aromatic carbocycles. The molecule has 2 heterocycles. The zero-order chi connectivity index (χ0) is 15.2. The molecule has 21 heavy (non-hydrogen) atoms. The smallest absolute Gasteiger partial charge is 0.297 e. The van der Waals surface area contributed by atoms with Crippen molar-refractivity contribution in [2.75, 3.05) is 6.61 Å². The number of hydrogen-bond acceptors (Lipinski definition) is 7. The van der Waals surface area contributed by atoms with Gasteiger partial charge in [0.1, 0.15) is 18.3 Å². The van der Waals surface area contributed by atoms with Crippen LogP contribution in [0.2, 0.25) is 0 Å². The summed E-state index contributed by atoms with van der Waals surface area (Å²) in [5.41, 5.74) is 0.910. The fourth-order valence-electron chi connectivity index (χ4n) is 2.38. The first-order chi connectivity index (χ1) is 9.88. The van der Waals surface area contributed by atoms with E-state index in [1.165, 1.54) is 12.1 Å². The van der Waals surface area contributed by atoms with Crippen LogP contribution in [0.1, 0.15) is 5.56 Å². The van der Waals surface area contributed by atoms with Gasteiger partial charge in [0.15, 0.2) is 12.4 Å². The van der Waals surface area contributed by atoms with Crippen molar-refractivity contribution < 1.29 is 32.3 Å². The van der Waals surface area contributed by atoms with Crippen LogP contribution in [0.3, 0.4) is 0 Å². The van der Waals surface area contributed by atoms with Gasteiger partial charge < -0.3 is 19.7 Å². The second-order valence-electron chi connectivity index (χ2n) is 5.19. The van der Waals surface area contributed by atoms with Gasteiger partial charge in [-0.3, -0.25) is 4.18 Å². The van der Waals surface area contributed by atoms with Crippen molar-refractivity contribution in [1.29, 1.82) is 0 Å². The first-order valence-electron chi connectivity index (χ1n) is 6.51. The molecule has 0 aromatic heterocycles. The molecule has 0 saturated carbocycles. The molecule has 5 atom stereocenters. The van der Waals surface area contributed by atoms with Crippen molar-refractivity contribution in [3.63, 3.8) is 0 Å². The van der Waals surface area contributed by atoms with E-state index in [1.807, 2.05) is 6.92 Å². The Morgan fingerprint density at radius 2 is 1.86 bits per heavy atom. The first kappa shape index (κ1) is 14.9. The molecule has 0 aliphatic carbocycles. The van der Waals surface area contributed by atoms with Gasteiger partial charge in [-0.1, -0.05) is 17.7 Å². The number of aryl methyl sites for hydroxylation is 1. The van der Waals surface area contributed by atoms with Gasteiger partial charge in [-0.25, -0.2) is 0 Å². The van der Waals surface area contributed by atoms with Crippen molar-refractivity contribution in [2.24, 2.45) is 0 Å². The number of hydrogen-bond donors (Lipinski definition) is 2. The van der Waals surface area contributed by atoms with Crippen LogP contribution in [0.25, 0.3) is 0 Å². The molecular weight excluding hydrogens is 300 g/mol. The molecule has 3 rings (SSSR count). The molecule has 0 spiro atoms. The van der Waals surface area contributed by atoms with E-state index < -0.39 is 40.8 Å². The summed E-state index contributed by atoms with van der Waals surface area (Å²) in [6.45, 7) is 1.92. The predicted octanol–water partition coefficient (Wildman–Crippen LogP) is -0.454. The van der Waals surface area contributed by atoms with Crippen LogP contribution in [-0.2, 0) is 23.8 Å². The Bertz CT molecular complexity index is 612. The summed E-state index contributed by atoms with van der Waals surface area (Å²) < 4.78 is 39.9. The third-order valence-electron chi connectivity index (χ3n) is 3.62. The molecule has 0 unspecified atom stereocenters. The van der Waals surface area contributed by atoms with Crippen molar-refractivity contribution in [1.82, 2.24) is 0 Å². The van der Waals surface area contributed by atoms with E-state index >= 15 is 0 Å². The lowest BCUT2D eigenvalue weighted by Crippen LogP contribution is -2.55. The van der Waals surface area contributed by atoms with E-state index in [0.717, 1.165) is 5.56 Å². The lowest BCUT2D eigenvalue weighted by molar-refractivity contribution is -0.219. The highest BCUT2D eigenvalue weighted by molar-refractivity contribution is 7.86. The number of rotatable bonds is 3. The lowest BCUT2D eigenvalue weighted by Gasteiger charge is -2.34. The standard InChI is InChI=1S/C13H16O7S/c1-7-2-4-8(5-3-7)21(16,17)20-12-11(15)10(14)9-6-18-13(12)19-9/h2-5,9-15H,6H2,1H3/t9-,10-,11+,12+,13-/m1/s1. The number of aliphatic hydroxyl groups excluding tert-OH is 2. The van der Waals surface area contributed by atoms with Gasteiger partial charge in [-0.05, 0) is 19.1 Å². The molecule has 116 valence electrons. The largest absolute Gasteiger partial charge is 0.387 e. The molecular formula is C13H16O7S. The second-order valence-corrected chi connectivity index (χ2v) is 6.76. The minimum absolute atomic E-state index is 0.0325. The quantitative estimate of drug-likeness (QED) is 0.728. The number of ether oxygens (including phenoxy) is 2. The van der Waals surface area contributed by atoms with Gasteiger partial charge in [0, 0.05) is 0 Å². The van der Waals surface area contributed by atoms with Crippen LogP contribution >= 0.6 is 0 Å². The van der Waals surface area contributed by atoms with Gasteiger partial charge >= 0.3 is 0 Å². The van der Waals surface area contributed by atoms with E-state index in [4.69, 9.17) is 13.7 Å². The summed E-state index contributed by atoms with van der Waals surface area (Å²) >= 11 is 0. The third-order valence-corrected chi connectivity index (χ3v) is 4.94. The zero-order valence-corrected chi connectivity index (χ0v) is 12.1. The minimum atomic E-state index is -4.09. The summed E-state index contributed by atoms with van der Waals surface area (Å²) in [6, 6.07) is 6.10. The summed E-state index contributed by atoms with van der Waals surface area (Å²) in [4.78, 5) is -0.0325. The molecule has 2 saturated heterocycles. The SMILES string of the molecule is Cc1ccc(S(=O)(=O)O[C@@H]2[C@@H]3OC[C@@H](O3)[C@@H](O)[C@@H]2O)cc1. The maximum atomic E-state index is 12.2. The van der Waals surface area contributed by atoms with Gasteiger partial charge in [0.05, 0.1) is 11.5 Å². The normalized spacial score (nSPS) is 35.9. The molecule has 2 aliphatic heterocycles. The Labute approximate surface area is 122 Å². The van der Waals surface area contributed by atoms with Crippen molar-refractivity contribution in [3.05, 3.63) is 29.8 Å². The molecule has 0 amide bonds. The monoisotopic (exact) mass is 316 g/mol. The number of fused-ring (bicyclic) bond motifs is 2. The van der Waals surface area contributed by atoms with Crippen molar-refractivity contribution in [3.8, 4) is 0 Å². The van der Waals surface area contributed by atoms with E-state index in [1.54, 1.807) is 12.1 Å². The fraction of sp³-hybridized carbons (Fsp3) is 0.538. The highest BCUT2D eigenvalue weighted by Crippen LogP contribution is 2.32. The summed E-state index contributed by atoms with van der Waals surface area (Å²) in [5.74, 6) is 0. The summed E-state index contributed by atoms with van der Waals surface area (Å²) in [5, 5.41) is 19.8. The molecule has 8 heteroatoms. The highest BCUT2D eigenvalue weighted by atomic mass is 32.2. The number of benzene rings is 1. The van der Waals surface area contributed by atoms with Crippen LogP contribution in [0.15, 0.2) is 29.2 Å². The van der Waals surface area contributed by atoms with Crippen LogP contribution in [0, 0.1) is 6.92 Å². The molecule has 2 N–H and O–H groups in total. The van der Waals surface area contributed by atoms with Gasteiger partial charge in [-0.15, -0.1) is 0 Å². The average molecular weight is 316 g/mol. The summed E-state index contributed by atoms with van der Waals surface area (Å²) in [6.07, 6.45) is -5.61. The molecule has 2 fully saturated rings. The van der Waals surface area contributed by atoms with Crippen LogP contribution < -0.4 is 0 Å². The van der Waals surface area contributed by atoms with Crippen LogP contribution in [-0.4, -0.2) is 55.9 Å². The average Bonchev–Trinajstić information content (AvgIpc) is 2.89. The molecule has 0 radical (unpaired) electrons. The maximum Gasteiger partial charge on any atom is 0.297 e. The van der Waals surface area contributed by atoms with Crippen LogP contribution in [0.4, 0.5) is 0 Å². The Morgan fingerprint density at radius 1 is 1.19 bits per heavy atom. The topological polar surface area (TPSA) is 102 Å². The molecule has 2 aliphatic rings. The first-order valence-corrected chi connectivity index (χ1v) is 7.92. The van der Waals surface area contributed by atoms with E-state index in [2.05, 4.69) is 0 Å². The van der Waals surface area contributed by atoms with Crippen molar-refractivity contribution in [2.45, 2.75) is 42.5 Å². The maximum absolute atomic E-state index is 12.2. The Morgan fingerprint density at radius 3 is 2.52 bits per heavy atom. The Balaban J connectivity index is 1.83. The molecule has 2 bridgehead atoms. The predicted molar refractivity (Wildman–Crippen MR) is 69.9 cm³/mol. The second kappa shape index (κ2) is 5.31. The molecule has 7 nitrogen and oxygen atoms in total. The van der Waals surface area contributed by atoms with Gasteiger partial charge in [-0.2, -0.15) is 8.42 Å². The van der Waals surface area contributed by atoms with E-state index in [-0.39, 0.29) is 11.5 Å². The Hall–Kier alpha value is -1.03. The zero-order valence-electron chi connectivity index (χ0n) is 11.2. The van der Waals surface area contributed by atoms with E-state index in [9.17, 15) is 18.6 Å². The van der Waals surface area contributed by atoms with E-state index in [0.29, 0.717) is 0 Å². The lowest BCUT2D eigenvalue weighted by atomic mass is 10.0. The van der Waals surface area contributed by atoms with Gasteiger partial charge in [0.2, 0.25) is 0 Å². The Kier molecular flexibility index (Phi) is 3.76.